The molecule has 0 fully saturated rings. The maximum Gasteiger partial charge on any atom is 0.0456 e. The van der Waals surface area contributed by atoms with Crippen LogP contribution < -0.4 is 0 Å². The van der Waals surface area contributed by atoms with Gasteiger partial charge in [0.05, 0.1) is 0 Å². The number of rotatable bonds is 17. The molecule has 0 atom stereocenters. The predicted octanol–water partition coefficient (Wildman–Crippen LogP) is 8.97. The fourth-order valence-electron chi connectivity index (χ4n) is 4.20. The summed E-state index contributed by atoms with van der Waals surface area (Å²) in [6, 6.07) is 8.67. The summed E-state index contributed by atoms with van der Waals surface area (Å²) in [5, 5.41) is 1.42. The normalized spacial score (nSPS) is 11.4. The third kappa shape index (κ3) is 9.49. The van der Waals surface area contributed by atoms with E-state index in [2.05, 4.69) is 42.4 Å². The summed E-state index contributed by atoms with van der Waals surface area (Å²) in [5.74, 6) is 0. The van der Waals surface area contributed by atoms with Crippen molar-refractivity contribution in [1.82, 2.24) is 4.98 Å². The molecule has 1 aromatic carbocycles. The number of aromatic amines is 1. The van der Waals surface area contributed by atoms with E-state index in [-0.39, 0.29) is 0 Å². The Morgan fingerprint density at radius 1 is 0.593 bits per heavy atom. The number of para-hydroxylation sites is 1. The first-order valence-corrected chi connectivity index (χ1v) is 12.0. The molecule has 1 heteroatoms. The molecule has 152 valence electrons. The van der Waals surface area contributed by atoms with Gasteiger partial charge < -0.3 is 4.98 Å². The van der Waals surface area contributed by atoms with Gasteiger partial charge in [0.25, 0.3) is 0 Å². The average molecular weight is 370 g/mol. The van der Waals surface area contributed by atoms with Crippen LogP contribution in [0.4, 0.5) is 0 Å². The molecule has 27 heavy (non-hydrogen) atoms. The van der Waals surface area contributed by atoms with Crippen LogP contribution in [0.1, 0.15) is 115 Å². The molecule has 0 radical (unpaired) electrons. The zero-order valence-corrected chi connectivity index (χ0v) is 17.9. The molecule has 1 aromatic heterocycles. The number of aromatic nitrogens is 1. The summed E-state index contributed by atoms with van der Waals surface area (Å²) in [7, 11) is 0. The highest BCUT2D eigenvalue weighted by Crippen LogP contribution is 2.20. The Kier molecular flexibility index (Phi) is 12.1. The largest absolute Gasteiger partial charge is 0.361 e. The van der Waals surface area contributed by atoms with E-state index in [1.165, 1.54) is 126 Å². The number of unbranched alkanes of at least 4 members (excludes halogenated alkanes) is 15. The second-order valence-electron chi connectivity index (χ2n) is 8.41. The van der Waals surface area contributed by atoms with E-state index < -0.39 is 0 Å². The van der Waals surface area contributed by atoms with Crippen LogP contribution >= 0.6 is 0 Å². The highest BCUT2D eigenvalue weighted by molar-refractivity contribution is 5.82. The Balaban J connectivity index is 1.33. The second kappa shape index (κ2) is 14.8. The maximum atomic E-state index is 3.39. The number of hydrogen-bond acceptors (Lipinski definition) is 0. The van der Waals surface area contributed by atoms with Crippen molar-refractivity contribution >= 4 is 10.9 Å². The number of benzene rings is 1. The van der Waals surface area contributed by atoms with Gasteiger partial charge in [-0.25, -0.2) is 0 Å². The van der Waals surface area contributed by atoms with Crippen molar-refractivity contribution in [1.29, 1.82) is 0 Å². The fourth-order valence-corrected chi connectivity index (χ4v) is 4.20. The van der Waals surface area contributed by atoms with Gasteiger partial charge in [-0.05, 0) is 24.5 Å². The molecule has 2 rings (SSSR count). The minimum atomic E-state index is 1.22. The summed E-state index contributed by atoms with van der Waals surface area (Å²) in [6.07, 6.45) is 26.4. The van der Waals surface area contributed by atoms with Gasteiger partial charge in [0.15, 0.2) is 0 Å². The molecule has 0 aliphatic carbocycles. The Hall–Kier alpha value is -1.24. The van der Waals surface area contributed by atoms with Crippen molar-refractivity contribution in [3.8, 4) is 0 Å². The number of H-pyrrole nitrogens is 1. The van der Waals surface area contributed by atoms with Crippen LogP contribution in [0.25, 0.3) is 10.9 Å². The quantitative estimate of drug-likeness (QED) is 0.268. The first kappa shape index (κ1) is 22.1. The molecular formula is C26H43N. The lowest BCUT2D eigenvalue weighted by atomic mass is 10.0. The molecule has 0 saturated heterocycles. The lowest BCUT2D eigenvalue weighted by molar-refractivity contribution is 0.529. The minimum Gasteiger partial charge on any atom is -0.361 e. The molecule has 1 nitrogen and oxygen atoms in total. The molecule has 1 heterocycles. The van der Waals surface area contributed by atoms with Crippen LogP contribution in [-0.4, -0.2) is 4.98 Å². The number of nitrogens with one attached hydrogen (secondary N) is 1. The van der Waals surface area contributed by atoms with E-state index in [0.29, 0.717) is 0 Å². The Morgan fingerprint density at radius 3 is 1.63 bits per heavy atom. The molecule has 1 N–H and O–H groups in total. The van der Waals surface area contributed by atoms with Crippen molar-refractivity contribution in [2.75, 3.05) is 0 Å². The zero-order chi connectivity index (χ0) is 19.0. The topological polar surface area (TPSA) is 15.8 Å². The van der Waals surface area contributed by atoms with Crippen LogP contribution in [0, 0.1) is 0 Å². The molecule has 0 bridgehead atoms. The van der Waals surface area contributed by atoms with Crippen LogP contribution in [0.15, 0.2) is 30.5 Å². The standard InChI is InChI=1S/C26H43N/c1-2-3-4-5-6-7-8-9-10-11-12-13-14-15-16-17-20-24-23-27-26-22-19-18-21-25(24)26/h18-19,21-23,27H,2-17,20H2,1H3. The summed E-state index contributed by atoms with van der Waals surface area (Å²) >= 11 is 0. The molecule has 0 aliphatic heterocycles. The van der Waals surface area contributed by atoms with Crippen LogP contribution in [0.5, 0.6) is 0 Å². The van der Waals surface area contributed by atoms with Gasteiger partial charge in [-0.1, -0.05) is 121 Å². The van der Waals surface area contributed by atoms with E-state index >= 15 is 0 Å². The van der Waals surface area contributed by atoms with Gasteiger partial charge in [0.2, 0.25) is 0 Å². The molecule has 0 saturated carbocycles. The third-order valence-corrected chi connectivity index (χ3v) is 5.97. The number of fused-ring (bicyclic) bond motifs is 1. The molecule has 0 spiro atoms. The lowest BCUT2D eigenvalue weighted by Crippen LogP contribution is -1.86. The van der Waals surface area contributed by atoms with E-state index in [0.717, 1.165) is 0 Å². The predicted molar refractivity (Wildman–Crippen MR) is 122 cm³/mol. The fraction of sp³-hybridized carbons (Fsp3) is 0.692. The highest BCUT2D eigenvalue weighted by Gasteiger charge is 2.02. The second-order valence-corrected chi connectivity index (χ2v) is 8.41. The lowest BCUT2D eigenvalue weighted by Gasteiger charge is -2.04. The van der Waals surface area contributed by atoms with Crippen LogP contribution in [0.2, 0.25) is 0 Å². The molecule has 0 aliphatic rings. The van der Waals surface area contributed by atoms with Gasteiger partial charge in [-0.3, -0.25) is 0 Å². The molecule has 0 unspecified atom stereocenters. The minimum absolute atomic E-state index is 1.22. The van der Waals surface area contributed by atoms with E-state index in [1.54, 1.807) is 0 Å². The van der Waals surface area contributed by atoms with Crippen molar-refractivity contribution in [2.24, 2.45) is 0 Å². The summed E-state index contributed by atoms with van der Waals surface area (Å²) < 4.78 is 0. The third-order valence-electron chi connectivity index (χ3n) is 5.97. The Bertz CT molecular complexity index is 583. The van der Waals surface area contributed by atoms with Crippen molar-refractivity contribution in [3.05, 3.63) is 36.0 Å². The van der Waals surface area contributed by atoms with Crippen molar-refractivity contribution < 1.29 is 0 Å². The van der Waals surface area contributed by atoms with Gasteiger partial charge in [0.1, 0.15) is 0 Å². The van der Waals surface area contributed by atoms with Gasteiger partial charge >= 0.3 is 0 Å². The summed E-state index contributed by atoms with van der Waals surface area (Å²) in [6.45, 7) is 2.30. The van der Waals surface area contributed by atoms with Crippen LogP contribution in [0.3, 0.4) is 0 Å². The monoisotopic (exact) mass is 369 g/mol. The average Bonchev–Trinajstić information content (AvgIpc) is 3.11. The van der Waals surface area contributed by atoms with E-state index in [9.17, 15) is 0 Å². The Morgan fingerprint density at radius 2 is 1.07 bits per heavy atom. The summed E-state index contributed by atoms with van der Waals surface area (Å²) in [5.41, 5.74) is 2.78. The number of hydrogen-bond donors (Lipinski definition) is 1. The molecular weight excluding hydrogens is 326 g/mol. The van der Waals surface area contributed by atoms with E-state index in [1.807, 2.05) is 0 Å². The number of aryl methyl sites for hydroxylation is 1. The zero-order valence-electron chi connectivity index (χ0n) is 17.9. The maximum absolute atomic E-state index is 3.39. The Labute approximate surface area is 168 Å². The summed E-state index contributed by atoms with van der Waals surface area (Å²) in [4.78, 5) is 3.39. The van der Waals surface area contributed by atoms with Gasteiger partial charge in [-0.2, -0.15) is 0 Å². The van der Waals surface area contributed by atoms with Gasteiger partial charge in [0, 0.05) is 17.1 Å². The van der Waals surface area contributed by atoms with E-state index in [4.69, 9.17) is 0 Å². The van der Waals surface area contributed by atoms with Crippen LogP contribution in [-0.2, 0) is 6.42 Å². The van der Waals surface area contributed by atoms with Crippen molar-refractivity contribution in [2.45, 2.75) is 116 Å². The first-order valence-electron chi connectivity index (χ1n) is 12.0. The van der Waals surface area contributed by atoms with Gasteiger partial charge in [-0.15, -0.1) is 0 Å². The molecule has 0 amide bonds. The SMILES string of the molecule is CCCCCCCCCCCCCCCCCCc1c[nH]c2ccccc12. The van der Waals surface area contributed by atoms with Crippen molar-refractivity contribution in [3.63, 3.8) is 0 Å². The molecule has 2 aromatic rings. The first-order chi connectivity index (χ1) is 13.4. The smallest absolute Gasteiger partial charge is 0.0456 e. The highest BCUT2D eigenvalue weighted by atomic mass is 14.7.